The van der Waals surface area contributed by atoms with Crippen molar-refractivity contribution < 1.29 is 38.7 Å². The minimum absolute atomic E-state index is 0.254. The molecule has 0 aromatic carbocycles. The van der Waals surface area contributed by atoms with Crippen LogP contribution in [0.5, 0.6) is 0 Å². The first kappa shape index (κ1) is 18.0. The number of carbonyl (C=O) groups excluding carboxylic acids is 2. The van der Waals surface area contributed by atoms with Crippen molar-refractivity contribution in [3.05, 3.63) is 0 Å². The number of aliphatic hydroxyl groups excluding tert-OH is 2. The van der Waals surface area contributed by atoms with Crippen molar-refractivity contribution in [2.75, 3.05) is 13.2 Å². The molecule has 10 heteroatoms. The second-order valence-electron chi connectivity index (χ2n) is 4.54. The number of hydrogen-bond donors (Lipinski definition) is 5. The topological polar surface area (TPSA) is 153 Å². The Bertz CT molecular complexity index is 376. The Morgan fingerprint density at radius 2 is 1.89 bits per heavy atom. The summed E-state index contributed by atoms with van der Waals surface area (Å²) in [6.45, 7) is 2.27. The number of hydrogen-bond acceptors (Lipinski definition) is 6. The van der Waals surface area contributed by atoms with Gasteiger partial charge in [-0.2, -0.15) is 0 Å². The van der Waals surface area contributed by atoms with Crippen LogP contribution in [0.1, 0.15) is 20.3 Å². The molecule has 0 fully saturated rings. The molecule has 0 aliphatic heterocycles. The summed E-state index contributed by atoms with van der Waals surface area (Å²) in [5.41, 5.74) is -1.05. The van der Waals surface area contributed by atoms with Crippen LogP contribution in [0.4, 0.5) is 0 Å². The number of nitrogens with one attached hydrogen (secondary N) is 1. The van der Waals surface area contributed by atoms with Crippen LogP contribution >= 0.6 is 7.82 Å². The molecule has 9 nitrogen and oxygen atoms in total. The van der Waals surface area contributed by atoms with Crippen LogP contribution in [0.3, 0.4) is 0 Å². The molecule has 0 spiro atoms. The lowest BCUT2D eigenvalue weighted by atomic mass is 9.87. The third kappa shape index (κ3) is 7.24. The molecule has 5 N–H and O–H groups in total. The molecular formula is C9H18NO8P. The SMILES string of the molecule is CC(C)(CO)[C@@H](O)C(=O)NCCC(=O)OP(=O)(O)O. The van der Waals surface area contributed by atoms with Gasteiger partial charge in [-0.25, -0.2) is 4.57 Å². The van der Waals surface area contributed by atoms with Gasteiger partial charge in [0, 0.05) is 12.0 Å². The average Bonchev–Trinajstić information content (AvgIpc) is 2.25. The van der Waals surface area contributed by atoms with Crippen molar-refractivity contribution in [1.29, 1.82) is 0 Å². The van der Waals surface area contributed by atoms with Crippen LogP contribution in [0.2, 0.25) is 0 Å². The van der Waals surface area contributed by atoms with E-state index in [9.17, 15) is 19.3 Å². The first-order valence-corrected chi connectivity index (χ1v) is 6.87. The standard InChI is InChI=1S/C9H18NO8P/c1-9(2,5-11)7(13)8(14)10-4-3-6(12)18-19(15,16)17/h7,11,13H,3-5H2,1-2H3,(H,10,14)(H2,15,16,17)/t7-/m0/s1. The fourth-order valence-corrected chi connectivity index (χ4v) is 1.36. The molecule has 0 aliphatic carbocycles. The number of rotatable bonds is 7. The molecule has 0 saturated carbocycles. The molecular weight excluding hydrogens is 281 g/mol. The lowest BCUT2D eigenvalue weighted by Crippen LogP contribution is -2.46. The predicted molar refractivity (Wildman–Crippen MR) is 62.6 cm³/mol. The molecule has 0 aliphatic rings. The lowest BCUT2D eigenvalue weighted by molar-refractivity contribution is -0.138. The van der Waals surface area contributed by atoms with Crippen LogP contribution in [-0.2, 0) is 18.7 Å². The minimum Gasteiger partial charge on any atom is -0.396 e. The molecule has 1 atom stereocenters. The highest BCUT2D eigenvalue weighted by atomic mass is 31.2. The lowest BCUT2D eigenvalue weighted by Gasteiger charge is -2.27. The van der Waals surface area contributed by atoms with E-state index in [4.69, 9.17) is 14.9 Å². The summed E-state index contributed by atoms with van der Waals surface area (Å²) in [7, 11) is -4.88. The molecule has 0 unspecified atom stereocenters. The Kier molecular flexibility index (Phi) is 6.61. The normalized spacial score (nSPS) is 13.8. The van der Waals surface area contributed by atoms with Gasteiger partial charge >= 0.3 is 13.8 Å². The van der Waals surface area contributed by atoms with E-state index < -0.39 is 44.2 Å². The maximum Gasteiger partial charge on any atom is 0.526 e. The van der Waals surface area contributed by atoms with Gasteiger partial charge in [0.15, 0.2) is 0 Å². The van der Waals surface area contributed by atoms with Gasteiger partial charge in [-0.1, -0.05) is 13.8 Å². The third-order valence-corrected chi connectivity index (χ3v) is 2.69. The van der Waals surface area contributed by atoms with Gasteiger partial charge in [0.1, 0.15) is 6.10 Å². The predicted octanol–water partition coefficient (Wildman–Crippen LogP) is -1.49. The van der Waals surface area contributed by atoms with E-state index in [0.29, 0.717) is 0 Å². The quantitative estimate of drug-likeness (QED) is 0.356. The smallest absolute Gasteiger partial charge is 0.396 e. The molecule has 0 rings (SSSR count). The average molecular weight is 299 g/mol. The summed E-state index contributed by atoms with van der Waals surface area (Å²) >= 11 is 0. The van der Waals surface area contributed by atoms with Crippen molar-refractivity contribution in [1.82, 2.24) is 5.32 Å². The van der Waals surface area contributed by atoms with Gasteiger partial charge in [0.2, 0.25) is 5.91 Å². The molecule has 0 saturated heterocycles. The van der Waals surface area contributed by atoms with Crippen LogP contribution in [0, 0.1) is 5.41 Å². The number of amides is 1. The number of carbonyl (C=O) groups is 2. The molecule has 1 amide bonds. The summed E-state index contributed by atoms with van der Waals surface area (Å²) in [5.74, 6) is -1.98. The van der Waals surface area contributed by atoms with Crippen LogP contribution in [0.25, 0.3) is 0 Å². The van der Waals surface area contributed by atoms with Crippen molar-refractivity contribution in [2.45, 2.75) is 26.4 Å². The number of phosphoric ester groups is 1. The molecule has 0 aromatic heterocycles. The van der Waals surface area contributed by atoms with Crippen molar-refractivity contribution in [3.63, 3.8) is 0 Å². The Hall–Kier alpha value is -0.990. The molecule has 0 radical (unpaired) electrons. The van der Waals surface area contributed by atoms with Crippen LogP contribution in [0.15, 0.2) is 0 Å². The Balaban J connectivity index is 4.12. The van der Waals surface area contributed by atoms with Gasteiger partial charge in [-0.15, -0.1) is 0 Å². The zero-order valence-corrected chi connectivity index (χ0v) is 11.5. The van der Waals surface area contributed by atoms with Crippen molar-refractivity contribution in [3.8, 4) is 0 Å². The van der Waals surface area contributed by atoms with Gasteiger partial charge < -0.3 is 20.1 Å². The fraction of sp³-hybridized carbons (Fsp3) is 0.778. The monoisotopic (exact) mass is 299 g/mol. The third-order valence-electron chi connectivity index (χ3n) is 2.25. The highest BCUT2D eigenvalue weighted by Crippen LogP contribution is 2.36. The Labute approximate surface area is 109 Å². The van der Waals surface area contributed by atoms with Crippen molar-refractivity contribution in [2.24, 2.45) is 5.41 Å². The summed E-state index contributed by atoms with van der Waals surface area (Å²) < 4.78 is 14.1. The summed E-state index contributed by atoms with van der Waals surface area (Å²) in [6, 6.07) is 0. The van der Waals surface area contributed by atoms with Gasteiger partial charge in [-0.05, 0) is 0 Å². The number of aliphatic hydroxyl groups is 2. The van der Waals surface area contributed by atoms with E-state index in [0.717, 1.165) is 0 Å². The van der Waals surface area contributed by atoms with Crippen LogP contribution < -0.4 is 5.32 Å². The molecule has 19 heavy (non-hydrogen) atoms. The fourth-order valence-electron chi connectivity index (χ4n) is 1.00. The second-order valence-corrected chi connectivity index (χ2v) is 5.71. The Morgan fingerprint density at radius 1 is 1.37 bits per heavy atom. The van der Waals surface area contributed by atoms with Crippen LogP contribution in [-0.4, -0.2) is 51.1 Å². The van der Waals surface area contributed by atoms with E-state index in [1.54, 1.807) is 0 Å². The number of phosphoric acid groups is 1. The van der Waals surface area contributed by atoms with E-state index >= 15 is 0 Å². The summed E-state index contributed by atoms with van der Waals surface area (Å²) in [5, 5.41) is 20.7. The molecule has 0 heterocycles. The van der Waals surface area contributed by atoms with E-state index in [2.05, 4.69) is 9.84 Å². The first-order chi connectivity index (χ1) is 8.49. The van der Waals surface area contributed by atoms with E-state index in [1.165, 1.54) is 13.8 Å². The van der Waals surface area contributed by atoms with Gasteiger partial charge in [-0.3, -0.25) is 19.4 Å². The van der Waals surface area contributed by atoms with Gasteiger partial charge in [0.05, 0.1) is 13.0 Å². The maximum absolute atomic E-state index is 11.4. The highest BCUT2D eigenvalue weighted by molar-refractivity contribution is 7.46. The molecule has 112 valence electrons. The van der Waals surface area contributed by atoms with E-state index in [-0.39, 0.29) is 6.54 Å². The molecule has 0 aromatic rings. The van der Waals surface area contributed by atoms with Crippen molar-refractivity contribution >= 4 is 19.7 Å². The highest BCUT2D eigenvalue weighted by Gasteiger charge is 2.32. The largest absolute Gasteiger partial charge is 0.526 e. The summed E-state index contributed by atoms with van der Waals surface area (Å²) in [4.78, 5) is 39.0. The summed E-state index contributed by atoms with van der Waals surface area (Å²) in [6.07, 6.45) is -1.93. The maximum atomic E-state index is 11.4. The zero-order valence-electron chi connectivity index (χ0n) is 10.6. The van der Waals surface area contributed by atoms with E-state index in [1.807, 2.05) is 0 Å². The minimum atomic E-state index is -4.88. The Morgan fingerprint density at radius 3 is 2.32 bits per heavy atom. The zero-order chi connectivity index (χ0) is 15.3. The molecule has 0 bridgehead atoms. The second kappa shape index (κ2) is 6.97. The van der Waals surface area contributed by atoms with Gasteiger partial charge in [0.25, 0.3) is 0 Å². The first-order valence-electron chi connectivity index (χ1n) is 5.34.